The predicted molar refractivity (Wildman–Crippen MR) is 143 cm³/mol. The van der Waals surface area contributed by atoms with Crippen molar-refractivity contribution in [2.24, 2.45) is 12.1 Å². The predicted octanol–water partition coefficient (Wildman–Crippen LogP) is 6.91. The third-order valence-corrected chi connectivity index (χ3v) is 6.27. The summed E-state index contributed by atoms with van der Waals surface area (Å²) in [6.07, 6.45) is 1.73. The lowest BCUT2D eigenvalue weighted by Gasteiger charge is -2.15. The standard InChI is InChI=1S/C24H21Cl2IN4O2/c1-3-32-22-11-15(13-28-30-24-29-20-6-4-5-7-21(20)31(24)2)10-19(27)23(22)33-14-16-8-9-17(25)12-18(16)26/h4-13H,3,14H2,1-2H3,(H,29,30)/b28-13-. The van der Waals surface area contributed by atoms with Crippen LogP contribution >= 0.6 is 45.8 Å². The van der Waals surface area contributed by atoms with Crippen molar-refractivity contribution in [1.82, 2.24) is 9.55 Å². The van der Waals surface area contributed by atoms with Gasteiger partial charge in [-0.1, -0.05) is 41.4 Å². The fraction of sp³-hybridized carbons (Fsp3) is 0.167. The molecule has 0 bridgehead atoms. The lowest BCUT2D eigenvalue weighted by atomic mass is 10.2. The Morgan fingerprint density at radius 2 is 1.94 bits per heavy atom. The number of rotatable bonds is 8. The number of para-hydroxylation sites is 2. The molecule has 4 aromatic rings. The zero-order chi connectivity index (χ0) is 23.4. The van der Waals surface area contributed by atoms with Crippen molar-refractivity contribution >= 4 is 69.0 Å². The highest BCUT2D eigenvalue weighted by molar-refractivity contribution is 14.1. The molecule has 6 nitrogen and oxygen atoms in total. The number of hydrogen-bond acceptors (Lipinski definition) is 5. The molecule has 0 amide bonds. The molecule has 0 spiro atoms. The van der Waals surface area contributed by atoms with Gasteiger partial charge in [0.25, 0.3) is 0 Å². The number of nitrogens with zero attached hydrogens (tertiary/aromatic N) is 3. The van der Waals surface area contributed by atoms with Gasteiger partial charge in [0.1, 0.15) is 6.61 Å². The fourth-order valence-corrected chi connectivity index (χ4v) is 4.51. The molecule has 0 saturated heterocycles. The molecule has 0 fully saturated rings. The first-order valence-electron chi connectivity index (χ1n) is 10.2. The number of hydrogen-bond donors (Lipinski definition) is 1. The van der Waals surface area contributed by atoms with Gasteiger partial charge in [-0.25, -0.2) is 10.4 Å². The third kappa shape index (κ3) is 5.54. The van der Waals surface area contributed by atoms with Gasteiger partial charge in [-0.05, 0) is 71.5 Å². The van der Waals surface area contributed by atoms with Crippen LogP contribution in [0.5, 0.6) is 11.5 Å². The number of hydrazone groups is 1. The van der Waals surface area contributed by atoms with Crippen LogP contribution in [0, 0.1) is 3.57 Å². The minimum absolute atomic E-state index is 0.299. The quantitative estimate of drug-likeness (QED) is 0.137. The lowest BCUT2D eigenvalue weighted by molar-refractivity contribution is 0.267. The van der Waals surface area contributed by atoms with E-state index in [1.807, 2.05) is 61.0 Å². The summed E-state index contributed by atoms with van der Waals surface area (Å²) in [4.78, 5) is 4.56. The topological polar surface area (TPSA) is 60.7 Å². The Balaban J connectivity index is 1.52. The Hall–Kier alpha value is -2.49. The molecule has 0 aliphatic heterocycles. The average molecular weight is 595 g/mol. The van der Waals surface area contributed by atoms with Crippen molar-refractivity contribution in [3.63, 3.8) is 0 Å². The summed E-state index contributed by atoms with van der Waals surface area (Å²) < 4.78 is 14.8. The minimum Gasteiger partial charge on any atom is -0.490 e. The van der Waals surface area contributed by atoms with Gasteiger partial charge in [0.05, 0.1) is 27.4 Å². The van der Waals surface area contributed by atoms with Crippen molar-refractivity contribution in [1.29, 1.82) is 0 Å². The van der Waals surface area contributed by atoms with E-state index in [9.17, 15) is 0 Å². The fourth-order valence-electron chi connectivity index (χ4n) is 3.26. The molecule has 4 rings (SSSR count). The van der Waals surface area contributed by atoms with Crippen LogP contribution < -0.4 is 14.9 Å². The maximum Gasteiger partial charge on any atom is 0.224 e. The van der Waals surface area contributed by atoms with E-state index in [2.05, 4.69) is 38.1 Å². The molecule has 1 heterocycles. The Morgan fingerprint density at radius 3 is 2.70 bits per heavy atom. The SMILES string of the molecule is CCOc1cc(/C=N\Nc2nc3ccccc3n2C)cc(I)c1OCc1ccc(Cl)cc1Cl. The molecule has 1 aromatic heterocycles. The second-order valence-corrected chi connectivity index (χ2v) is 9.15. The van der Waals surface area contributed by atoms with E-state index < -0.39 is 0 Å². The van der Waals surface area contributed by atoms with E-state index in [0.717, 1.165) is 25.7 Å². The number of halogens is 3. The van der Waals surface area contributed by atoms with E-state index in [1.165, 1.54) is 0 Å². The number of benzene rings is 3. The van der Waals surface area contributed by atoms with E-state index in [4.69, 9.17) is 32.7 Å². The van der Waals surface area contributed by atoms with Gasteiger partial charge < -0.3 is 14.0 Å². The van der Waals surface area contributed by atoms with Gasteiger partial charge in [-0.3, -0.25) is 0 Å². The second-order valence-electron chi connectivity index (χ2n) is 7.14. The molecule has 33 heavy (non-hydrogen) atoms. The van der Waals surface area contributed by atoms with Crippen LogP contribution in [0.4, 0.5) is 5.95 Å². The summed E-state index contributed by atoms with van der Waals surface area (Å²) in [6.45, 7) is 2.74. The highest BCUT2D eigenvalue weighted by atomic mass is 127. The second kappa shape index (κ2) is 10.6. The number of anilines is 1. The zero-order valence-corrected chi connectivity index (χ0v) is 21.6. The minimum atomic E-state index is 0.299. The molecule has 1 N–H and O–H groups in total. The van der Waals surface area contributed by atoms with Gasteiger partial charge >= 0.3 is 0 Å². The highest BCUT2D eigenvalue weighted by Gasteiger charge is 2.13. The van der Waals surface area contributed by atoms with Gasteiger partial charge in [0.2, 0.25) is 5.95 Å². The summed E-state index contributed by atoms with van der Waals surface area (Å²) in [5.41, 5.74) is 6.67. The molecule has 0 atom stereocenters. The molecule has 0 radical (unpaired) electrons. The molecule has 0 aliphatic rings. The first-order valence-corrected chi connectivity index (χ1v) is 12.0. The Morgan fingerprint density at radius 1 is 1.12 bits per heavy atom. The summed E-state index contributed by atoms with van der Waals surface area (Å²) in [6, 6.07) is 17.1. The molecule has 0 saturated carbocycles. The van der Waals surface area contributed by atoms with E-state index in [0.29, 0.717) is 40.7 Å². The Labute approximate surface area is 215 Å². The van der Waals surface area contributed by atoms with Gasteiger partial charge in [-0.2, -0.15) is 5.10 Å². The van der Waals surface area contributed by atoms with E-state index in [-0.39, 0.29) is 0 Å². The van der Waals surface area contributed by atoms with Crippen LogP contribution in [0.15, 0.2) is 59.7 Å². The maximum atomic E-state index is 6.28. The molecular weight excluding hydrogens is 574 g/mol. The number of aromatic nitrogens is 2. The lowest BCUT2D eigenvalue weighted by Crippen LogP contribution is -2.03. The summed E-state index contributed by atoms with van der Waals surface area (Å²) in [5, 5.41) is 5.51. The van der Waals surface area contributed by atoms with Gasteiger partial charge in [0.15, 0.2) is 11.5 Å². The normalized spacial score (nSPS) is 11.3. The van der Waals surface area contributed by atoms with Gasteiger partial charge in [0, 0.05) is 22.7 Å². The molecule has 9 heteroatoms. The van der Waals surface area contributed by atoms with Crippen LogP contribution in [-0.2, 0) is 13.7 Å². The number of ether oxygens (including phenoxy) is 2. The third-order valence-electron chi connectivity index (χ3n) is 4.88. The summed E-state index contributed by atoms with van der Waals surface area (Å²) in [7, 11) is 1.95. The number of imidazole rings is 1. The Bertz CT molecular complexity index is 1320. The van der Waals surface area contributed by atoms with Crippen molar-refractivity contribution in [3.05, 3.63) is 79.3 Å². The van der Waals surface area contributed by atoms with E-state index >= 15 is 0 Å². The zero-order valence-electron chi connectivity index (χ0n) is 18.0. The van der Waals surface area contributed by atoms with Crippen LogP contribution in [0.25, 0.3) is 11.0 Å². The highest BCUT2D eigenvalue weighted by Crippen LogP contribution is 2.35. The number of fused-ring (bicyclic) bond motifs is 1. The Kier molecular flexibility index (Phi) is 7.62. The number of aryl methyl sites for hydroxylation is 1. The largest absolute Gasteiger partial charge is 0.490 e. The summed E-state index contributed by atoms with van der Waals surface area (Å²) in [5.74, 6) is 1.95. The van der Waals surface area contributed by atoms with Crippen LogP contribution in [0.1, 0.15) is 18.1 Å². The average Bonchev–Trinajstić information content (AvgIpc) is 3.10. The van der Waals surface area contributed by atoms with Crippen molar-refractivity contribution in [2.75, 3.05) is 12.0 Å². The smallest absolute Gasteiger partial charge is 0.224 e. The number of nitrogens with one attached hydrogen (secondary N) is 1. The monoisotopic (exact) mass is 594 g/mol. The first-order chi connectivity index (χ1) is 16.0. The molecule has 0 unspecified atom stereocenters. The van der Waals surface area contributed by atoms with Crippen LogP contribution in [-0.4, -0.2) is 22.4 Å². The molecule has 170 valence electrons. The van der Waals surface area contributed by atoms with Crippen molar-refractivity contribution in [3.8, 4) is 11.5 Å². The summed E-state index contributed by atoms with van der Waals surface area (Å²) >= 11 is 14.5. The maximum absolute atomic E-state index is 6.28. The molecular formula is C24H21Cl2IN4O2. The molecule has 3 aromatic carbocycles. The van der Waals surface area contributed by atoms with E-state index in [1.54, 1.807) is 18.3 Å². The van der Waals surface area contributed by atoms with Crippen molar-refractivity contribution < 1.29 is 9.47 Å². The van der Waals surface area contributed by atoms with Crippen molar-refractivity contribution in [2.45, 2.75) is 13.5 Å². The molecule has 0 aliphatic carbocycles. The van der Waals surface area contributed by atoms with Crippen LogP contribution in [0.3, 0.4) is 0 Å². The van der Waals surface area contributed by atoms with Gasteiger partial charge in [-0.15, -0.1) is 0 Å². The first kappa shape index (κ1) is 23.7. The van der Waals surface area contributed by atoms with Crippen LogP contribution in [0.2, 0.25) is 10.0 Å².